The number of rotatable bonds is 6. The Balaban J connectivity index is 1.59. The van der Waals surface area contributed by atoms with Crippen molar-refractivity contribution in [2.24, 2.45) is 11.8 Å². The Morgan fingerprint density at radius 2 is 1.56 bits per heavy atom. The molecule has 2 aliphatic heterocycles. The molecule has 1 unspecified atom stereocenters. The van der Waals surface area contributed by atoms with Gasteiger partial charge >= 0.3 is 12.4 Å². The van der Waals surface area contributed by atoms with Gasteiger partial charge in [-0.05, 0) is 73.2 Å². The molecule has 7 nitrogen and oxygen atoms in total. The van der Waals surface area contributed by atoms with E-state index in [9.17, 15) is 50.2 Å². The average molecular weight is 646 g/mol. The summed E-state index contributed by atoms with van der Waals surface area (Å²) in [6.45, 7) is 1.19. The predicted octanol–water partition coefficient (Wildman–Crippen LogP) is 4.99. The van der Waals surface area contributed by atoms with Crippen molar-refractivity contribution < 1.29 is 50.2 Å². The Morgan fingerprint density at radius 1 is 0.911 bits per heavy atom. The molecule has 2 aromatic carbocycles. The molecular weight excluding hydrogens is 611 g/mol. The third kappa shape index (κ3) is 7.95. The lowest BCUT2D eigenvalue weighted by atomic mass is 9.77. The number of likely N-dealkylation sites (tertiary alicyclic amines) is 2. The molecule has 2 heterocycles. The number of benzene rings is 2. The highest BCUT2D eigenvalue weighted by Gasteiger charge is 2.41. The maximum absolute atomic E-state index is 14.0. The highest BCUT2D eigenvalue weighted by atomic mass is 19.4. The minimum Gasteiger partial charge on any atom is -0.387 e. The normalized spacial score (nSPS) is 21.1. The molecule has 0 aliphatic carbocycles. The van der Waals surface area contributed by atoms with E-state index in [1.807, 2.05) is 0 Å². The number of aliphatic hydroxyl groups is 1. The molecule has 2 aliphatic rings. The number of alkyl halides is 6. The zero-order chi connectivity index (χ0) is 33.3. The van der Waals surface area contributed by atoms with Crippen molar-refractivity contribution in [3.63, 3.8) is 0 Å². The molecule has 0 aromatic heterocycles. The van der Waals surface area contributed by atoms with Crippen LogP contribution < -0.4 is 0 Å². The third-order valence-corrected chi connectivity index (χ3v) is 8.58. The van der Waals surface area contributed by atoms with Gasteiger partial charge in [0.2, 0.25) is 17.7 Å². The number of hydrogen-bond donors (Lipinski definition) is 1. The molecule has 45 heavy (non-hydrogen) atoms. The van der Waals surface area contributed by atoms with E-state index in [1.165, 1.54) is 30.1 Å². The van der Waals surface area contributed by atoms with Gasteiger partial charge in [-0.3, -0.25) is 14.4 Å². The van der Waals surface area contributed by atoms with Crippen molar-refractivity contribution in [3.05, 3.63) is 70.0 Å². The van der Waals surface area contributed by atoms with Gasteiger partial charge in [-0.15, -0.1) is 0 Å². The number of aliphatic hydroxyl groups excluding tert-OH is 1. The number of carbonyl (C=O) groups excluding carboxylic acids is 3. The first-order chi connectivity index (χ1) is 21.0. The van der Waals surface area contributed by atoms with Crippen LogP contribution in [0.15, 0.2) is 36.4 Å². The molecule has 0 radical (unpaired) electrons. The van der Waals surface area contributed by atoms with Crippen LogP contribution in [0.3, 0.4) is 0 Å². The smallest absolute Gasteiger partial charge is 0.387 e. The number of piperidine rings is 2. The summed E-state index contributed by atoms with van der Waals surface area (Å²) in [6, 6.07) is 5.19. The number of amides is 3. The second-order valence-corrected chi connectivity index (χ2v) is 11.7. The Hall–Kier alpha value is -3.68. The van der Waals surface area contributed by atoms with Crippen LogP contribution in [0.5, 0.6) is 0 Å². The standard InChI is InChI=1S/C31H34F7N3O4/c1-18-10-23(32)5-6-24(18)26-16-41(28(44)20-4-3-8-40(15-20)27(43)17-42)9-7-25(26)29(45)39(2)14-19-11-21(30(33,34)35)13-22(12-19)31(36,37)38/h5-6,10-13,20,25-26,42H,3-4,7-9,14-17H2,1-2H3/t20?,25-,26+/m1/s1. The maximum Gasteiger partial charge on any atom is 0.416 e. The summed E-state index contributed by atoms with van der Waals surface area (Å²) in [5.74, 6) is -3.76. The largest absolute Gasteiger partial charge is 0.416 e. The molecule has 246 valence electrons. The summed E-state index contributed by atoms with van der Waals surface area (Å²) in [6.07, 6.45) is -8.85. The van der Waals surface area contributed by atoms with E-state index >= 15 is 0 Å². The molecule has 14 heteroatoms. The summed E-state index contributed by atoms with van der Waals surface area (Å²) in [7, 11) is 1.29. The molecular formula is C31H34F7N3O4. The lowest BCUT2D eigenvalue weighted by Gasteiger charge is -2.42. The van der Waals surface area contributed by atoms with Gasteiger partial charge in [0.25, 0.3) is 0 Å². The molecule has 2 aromatic rings. The minimum atomic E-state index is -5.04. The van der Waals surface area contributed by atoms with Crippen molar-refractivity contribution in [1.82, 2.24) is 14.7 Å². The second kappa shape index (κ2) is 13.4. The number of carbonyl (C=O) groups is 3. The van der Waals surface area contributed by atoms with Crippen LogP contribution in [0.4, 0.5) is 30.7 Å². The van der Waals surface area contributed by atoms with Gasteiger partial charge in [0.15, 0.2) is 0 Å². The van der Waals surface area contributed by atoms with Crippen LogP contribution in [0.1, 0.15) is 53.0 Å². The van der Waals surface area contributed by atoms with E-state index < -0.39 is 72.0 Å². The Morgan fingerprint density at radius 3 is 2.13 bits per heavy atom. The van der Waals surface area contributed by atoms with Gasteiger partial charge in [0.05, 0.1) is 17.0 Å². The summed E-state index contributed by atoms with van der Waals surface area (Å²) >= 11 is 0. The van der Waals surface area contributed by atoms with Crippen LogP contribution in [-0.4, -0.2) is 77.4 Å². The van der Waals surface area contributed by atoms with E-state index in [2.05, 4.69) is 0 Å². The van der Waals surface area contributed by atoms with Crippen molar-refractivity contribution >= 4 is 17.7 Å². The fourth-order valence-electron chi connectivity index (χ4n) is 6.33. The van der Waals surface area contributed by atoms with Gasteiger partial charge in [-0.2, -0.15) is 26.3 Å². The quantitative estimate of drug-likeness (QED) is 0.449. The SMILES string of the molecule is Cc1cc(F)ccc1[C@@H]1CN(C(=O)C2CCCN(C(=O)CO)C2)CC[C@H]1C(=O)N(C)Cc1cc(C(F)(F)F)cc(C(F)(F)F)c1. The summed E-state index contributed by atoms with van der Waals surface area (Å²) in [5, 5.41) is 9.24. The molecule has 2 saturated heterocycles. The van der Waals surface area contributed by atoms with E-state index in [4.69, 9.17) is 0 Å². The lowest BCUT2D eigenvalue weighted by molar-refractivity contribution is -0.147. The van der Waals surface area contributed by atoms with E-state index in [0.717, 1.165) is 4.90 Å². The zero-order valence-electron chi connectivity index (χ0n) is 24.7. The first-order valence-corrected chi connectivity index (χ1v) is 14.5. The highest BCUT2D eigenvalue weighted by Crippen LogP contribution is 2.39. The Bertz CT molecular complexity index is 1400. The molecule has 3 amide bonds. The first-order valence-electron chi connectivity index (χ1n) is 14.5. The van der Waals surface area contributed by atoms with Crippen molar-refractivity contribution in [1.29, 1.82) is 0 Å². The first kappa shape index (κ1) is 34.2. The lowest BCUT2D eigenvalue weighted by Crippen LogP contribution is -2.52. The topological polar surface area (TPSA) is 81.2 Å². The summed E-state index contributed by atoms with van der Waals surface area (Å²) < 4.78 is 94.4. The van der Waals surface area contributed by atoms with Crippen LogP contribution in [-0.2, 0) is 33.3 Å². The van der Waals surface area contributed by atoms with Gasteiger partial charge in [0.1, 0.15) is 12.4 Å². The zero-order valence-corrected chi connectivity index (χ0v) is 24.7. The third-order valence-electron chi connectivity index (χ3n) is 8.58. The number of hydrogen-bond acceptors (Lipinski definition) is 4. The van der Waals surface area contributed by atoms with Crippen LogP contribution in [0.25, 0.3) is 0 Å². The van der Waals surface area contributed by atoms with Crippen LogP contribution >= 0.6 is 0 Å². The van der Waals surface area contributed by atoms with Crippen molar-refractivity contribution in [3.8, 4) is 0 Å². The van der Waals surface area contributed by atoms with Gasteiger partial charge in [-0.1, -0.05) is 6.07 Å². The molecule has 1 N–H and O–H groups in total. The van der Waals surface area contributed by atoms with Crippen LogP contribution in [0.2, 0.25) is 0 Å². The average Bonchev–Trinajstić information content (AvgIpc) is 2.98. The van der Waals surface area contributed by atoms with Gasteiger partial charge in [-0.25, -0.2) is 4.39 Å². The second-order valence-electron chi connectivity index (χ2n) is 11.7. The van der Waals surface area contributed by atoms with E-state index in [-0.39, 0.29) is 43.6 Å². The van der Waals surface area contributed by atoms with E-state index in [0.29, 0.717) is 42.6 Å². The summed E-state index contributed by atoms with van der Waals surface area (Å²) in [4.78, 5) is 43.5. The minimum absolute atomic E-state index is 0.0244. The molecule has 3 atom stereocenters. The van der Waals surface area contributed by atoms with E-state index in [1.54, 1.807) is 11.8 Å². The molecule has 0 bridgehead atoms. The number of nitrogens with zero attached hydrogens (tertiary/aromatic N) is 3. The van der Waals surface area contributed by atoms with Crippen molar-refractivity contribution in [2.45, 2.75) is 51.0 Å². The Labute approximate surface area is 255 Å². The number of aryl methyl sites for hydroxylation is 1. The monoisotopic (exact) mass is 645 g/mol. The van der Waals surface area contributed by atoms with Crippen molar-refractivity contribution in [2.75, 3.05) is 39.8 Å². The molecule has 0 spiro atoms. The molecule has 4 rings (SSSR count). The highest BCUT2D eigenvalue weighted by molar-refractivity contribution is 5.83. The summed E-state index contributed by atoms with van der Waals surface area (Å²) in [5.41, 5.74) is -2.22. The predicted molar refractivity (Wildman–Crippen MR) is 148 cm³/mol. The maximum atomic E-state index is 14.0. The fraction of sp³-hybridized carbons (Fsp3) is 0.516. The van der Waals surface area contributed by atoms with Gasteiger partial charge < -0.3 is 19.8 Å². The number of halogens is 7. The molecule has 0 saturated carbocycles. The Kier molecular flexibility index (Phi) is 10.1. The fourth-order valence-corrected chi connectivity index (χ4v) is 6.33. The molecule has 2 fully saturated rings. The van der Waals surface area contributed by atoms with Crippen LogP contribution in [0, 0.1) is 24.6 Å². The van der Waals surface area contributed by atoms with Gasteiger partial charge in [0, 0.05) is 51.6 Å².